The summed E-state index contributed by atoms with van der Waals surface area (Å²) in [7, 11) is 1.85. The molecule has 1 saturated heterocycles. The number of likely N-dealkylation sites (tertiary alicyclic amines) is 1. The van der Waals surface area contributed by atoms with Crippen LogP contribution in [-0.4, -0.2) is 44.3 Å². The Morgan fingerprint density at radius 3 is 2.93 bits per heavy atom. The van der Waals surface area contributed by atoms with Crippen molar-refractivity contribution in [3.05, 3.63) is 29.1 Å². The lowest BCUT2D eigenvalue weighted by Gasteiger charge is -2.33. The van der Waals surface area contributed by atoms with E-state index in [1.165, 1.54) is 44.6 Å². The number of ether oxygens (including phenoxy) is 2. The molecule has 1 saturated carbocycles. The number of benzene rings is 1. The summed E-state index contributed by atoms with van der Waals surface area (Å²) >= 11 is 0. The molecule has 0 amide bonds. The molecule has 2 aliphatic heterocycles. The maximum atomic E-state index is 13.9. The lowest BCUT2D eigenvalue weighted by Crippen LogP contribution is -2.42. The molecular weight excluding hydrogens is 345 g/mol. The largest absolute Gasteiger partial charge is 0.467 e. The van der Waals surface area contributed by atoms with Crippen molar-refractivity contribution < 1.29 is 13.9 Å². The van der Waals surface area contributed by atoms with Crippen molar-refractivity contribution in [2.24, 2.45) is 10.4 Å². The number of nitrogens with one attached hydrogen (secondary N) is 1. The lowest BCUT2D eigenvalue weighted by atomic mass is 9.73. The van der Waals surface area contributed by atoms with E-state index in [9.17, 15) is 4.39 Å². The quantitative estimate of drug-likeness (QED) is 0.649. The number of rotatable bonds is 3. The van der Waals surface area contributed by atoms with Gasteiger partial charge in [0.2, 0.25) is 0 Å². The molecule has 1 spiro atoms. The maximum absolute atomic E-state index is 13.9. The summed E-state index contributed by atoms with van der Waals surface area (Å²) in [4.78, 5) is 6.89. The minimum absolute atomic E-state index is 0.233. The third kappa shape index (κ3) is 4.05. The number of fused-ring (bicyclic) bond motifs is 1. The Balaban J connectivity index is 1.35. The first kappa shape index (κ1) is 18.5. The Bertz CT molecular complexity index is 701. The molecule has 27 heavy (non-hydrogen) atoms. The average molecular weight is 375 g/mol. The first-order valence-electron chi connectivity index (χ1n) is 10.2. The normalized spacial score (nSPS) is 21.9. The third-order valence-corrected chi connectivity index (χ3v) is 6.29. The minimum Gasteiger partial charge on any atom is -0.467 e. The number of aliphatic imine (C=N–C) groups is 1. The van der Waals surface area contributed by atoms with Crippen LogP contribution in [0, 0.1) is 11.2 Å². The minimum atomic E-state index is -0.235. The Hall–Kier alpha value is -1.82. The number of nitrogens with zero attached hydrogens (tertiary/aromatic N) is 2. The van der Waals surface area contributed by atoms with Crippen LogP contribution in [0.1, 0.15) is 49.7 Å². The Morgan fingerprint density at radius 1 is 1.26 bits per heavy atom. The molecule has 0 aromatic heterocycles. The van der Waals surface area contributed by atoms with Gasteiger partial charge in [0.15, 0.2) is 12.8 Å². The van der Waals surface area contributed by atoms with Crippen molar-refractivity contribution in [3.63, 3.8) is 0 Å². The van der Waals surface area contributed by atoms with Gasteiger partial charge in [-0.1, -0.05) is 19.3 Å². The number of hydrogen-bond acceptors (Lipinski definition) is 3. The first-order valence-corrected chi connectivity index (χ1v) is 10.2. The van der Waals surface area contributed by atoms with E-state index in [0.717, 1.165) is 35.9 Å². The smallest absolute Gasteiger partial charge is 0.193 e. The van der Waals surface area contributed by atoms with Gasteiger partial charge in [-0.25, -0.2) is 4.39 Å². The third-order valence-electron chi connectivity index (χ3n) is 6.29. The van der Waals surface area contributed by atoms with Gasteiger partial charge in [0.1, 0.15) is 11.6 Å². The first-order chi connectivity index (χ1) is 13.2. The highest BCUT2D eigenvalue weighted by molar-refractivity contribution is 5.80. The van der Waals surface area contributed by atoms with Crippen molar-refractivity contribution in [1.29, 1.82) is 0 Å². The molecule has 1 aromatic carbocycles. The summed E-state index contributed by atoms with van der Waals surface area (Å²) in [5, 5.41) is 3.47. The van der Waals surface area contributed by atoms with Crippen LogP contribution in [-0.2, 0) is 17.8 Å². The van der Waals surface area contributed by atoms with Crippen LogP contribution in [0.5, 0.6) is 5.75 Å². The van der Waals surface area contributed by atoms with Gasteiger partial charge in [-0.2, -0.15) is 0 Å². The van der Waals surface area contributed by atoms with Crippen molar-refractivity contribution in [1.82, 2.24) is 10.2 Å². The Morgan fingerprint density at radius 2 is 2.11 bits per heavy atom. The van der Waals surface area contributed by atoms with E-state index in [-0.39, 0.29) is 12.6 Å². The van der Waals surface area contributed by atoms with E-state index in [2.05, 4.69) is 15.2 Å². The maximum Gasteiger partial charge on any atom is 0.193 e. The summed E-state index contributed by atoms with van der Waals surface area (Å²) < 4.78 is 24.8. The zero-order valence-electron chi connectivity index (χ0n) is 16.2. The zero-order valence-corrected chi connectivity index (χ0v) is 16.2. The van der Waals surface area contributed by atoms with Crippen LogP contribution >= 0.6 is 0 Å². The Kier molecular flexibility index (Phi) is 5.53. The fraction of sp³-hybridized carbons (Fsp3) is 0.667. The molecule has 1 N–H and O–H groups in total. The standard InChI is InChI=1S/C21H30FN3O2/c1-23-20(25-10-8-21(14-25)6-3-2-4-7-21)24-9-5-16-11-18(22)12-17-13-26-15-27-19(16)17/h11-12H,2-10,13-15H2,1H3,(H,23,24). The Labute approximate surface area is 160 Å². The second-order valence-corrected chi connectivity index (χ2v) is 8.12. The number of halogens is 1. The van der Waals surface area contributed by atoms with E-state index in [1.54, 1.807) is 6.07 Å². The molecule has 2 heterocycles. The molecular formula is C21H30FN3O2. The molecule has 0 bridgehead atoms. The molecule has 1 aromatic rings. The van der Waals surface area contributed by atoms with Crippen LogP contribution in [0.25, 0.3) is 0 Å². The van der Waals surface area contributed by atoms with Gasteiger partial charge >= 0.3 is 0 Å². The van der Waals surface area contributed by atoms with E-state index < -0.39 is 0 Å². The predicted molar refractivity (Wildman–Crippen MR) is 103 cm³/mol. The van der Waals surface area contributed by atoms with Crippen LogP contribution in [0.2, 0.25) is 0 Å². The molecule has 0 atom stereocenters. The summed E-state index contributed by atoms with van der Waals surface area (Å²) in [6.07, 6.45) is 8.81. The summed E-state index contributed by atoms with van der Waals surface area (Å²) in [5.74, 6) is 1.51. The van der Waals surface area contributed by atoms with Crippen molar-refractivity contribution in [2.75, 3.05) is 33.5 Å². The van der Waals surface area contributed by atoms with Crippen LogP contribution in [0.15, 0.2) is 17.1 Å². The average Bonchev–Trinajstić information content (AvgIpc) is 3.08. The highest BCUT2D eigenvalue weighted by Crippen LogP contribution is 2.43. The van der Waals surface area contributed by atoms with E-state index in [1.807, 2.05) is 7.05 Å². The van der Waals surface area contributed by atoms with Crippen LogP contribution in [0.3, 0.4) is 0 Å². The summed E-state index contributed by atoms with van der Waals surface area (Å²) in [6.45, 7) is 3.54. The summed E-state index contributed by atoms with van der Waals surface area (Å²) in [6, 6.07) is 3.07. The van der Waals surface area contributed by atoms with E-state index >= 15 is 0 Å². The molecule has 3 aliphatic rings. The van der Waals surface area contributed by atoms with E-state index in [0.29, 0.717) is 25.0 Å². The van der Waals surface area contributed by atoms with Crippen LogP contribution < -0.4 is 10.1 Å². The molecule has 4 rings (SSSR count). The number of hydrogen-bond donors (Lipinski definition) is 1. The van der Waals surface area contributed by atoms with Gasteiger partial charge in [-0.3, -0.25) is 4.99 Å². The molecule has 148 valence electrons. The van der Waals surface area contributed by atoms with Crippen LogP contribution in [0.4, 0.5) is 4.39 Å². The van der Waals surface area contributed by atoms with Crippen molar-refractivity contribution in [2.45, 2.75) is 51.6 Å². The van der Waals surface area contributed by atoms with Gasteiger partial charge in [0.25, 0.3) is 0 Å². The monoisotopic (exact) mass is 375 g/mol. The van der Waals surface area contributed by atoms with Gasteiger partial charge in [-0.15, -0.1) is 0 Å². The van der Waals surface area contributed by atoms with E-state index in [4.69, 9.17) is 9.47 Å². The van der Waals surface area contributed by atoms with Gasteiger partial charge in [0.05, 0.1) is 6.61 Å². The predicted octanol–water partition coefficient (Wildman–Crippen LogP) is 3.47. The molecule has 5 nitrogen and oxygen atoms in total. The zero-order chi connectivity index (χ0) is 18.7. The molecule has 2 fully saturated rings. The SMILES string of the molecule is CN=C(NCCc1cc(F)cc2c1OCOC2)N1CCC2(CCCCC2)C1. The molecule has 6 heteroatoms. The second kappa shape index (κ2) is 8.05. The number of guanidine groups is 1. The van der Waals surface area contributed by atoms with Gasteiger partial charge in [-0.05, 0) is 48.8 Å². The van der Waals surface area contributed by atoms with Crippen molar-refractivity contribution in [3.8, 4) is 5.75 Å². The fourth-order valence-electron chi connectivity index (χ4n) is 4.91. The highest BCUT2D eigenvalue weighted by atomic mass is 19.1. The highest BCUT2D eigenvalue weighted by Gasteiger charge is 2.39. The lowest BCUT2D eigenvalue weighted by molar-refractivity contribution is -0.0172. The molecule has 0 radical (unpaired) electrons. The summed E-state index contributed by atoms with van der Waals surface area (Å²) in [5.41, 5.74) is 2.19. The van der Waals surface area contributed by atoms with Gasteiger partial charge < -0.3 is 19.7 Å². The topological polar surface area (TPSA) is 46.1 Å². The molecule has 1 aliphatic carbocycles. The van der Waals surface area contributed by atoms with Crippen molar-refractivity contribution >= 4 is 5.96 Å². The molecule has 0 unspecified atom stereocenters. The fourth-order valence-corrected chi connectivity index (χ4v) is 4.91. The second-order valence-electron chi connectivity index (χ2n) is 8.12. The van der Waals surface area contributed by atoms with Gasteiger partial charge in [0, 0.05) is 32.2 Å².